The largest absolute Gasteiger partial charge is 0.504 e. The first kappa shape index (κ1) is 21.9. The van der Waals surface area contributed by atoms with Gasteiger partial charge in [0.05, 0.1) is 7.11 Å². The predicted molar refractivity (Wildman–Crippen MR) is 103 cm³/mol. The van der Waals surface area contributed by atoms with Gasteiger partial charge in [-0.1, -0.05) is 12.1 Å². The highest BCUT2D eigenvalue weighted by Crippen LogP contribution is 2.26. The molecule has 0 fully saturated rings. The summed E-state index contributed by atoms with van der Waals surface area (Å²) in [5.74, 6) is -3.77. The maximum atomic E-state index is 13.2. The summed E-state index contributed by atoms with van der Waals surface area (Å²) in [6, 6.07) is 7.14. The van der Waals surface area contributed by atoms with Gasteiger partial charge >= 0.3 is 5.97 Å². The molecule has 8 heteroatoms. The van der Waals surface area contributed by atoms with E-state index in [9.17, 15) is 23.9 Å². The minimum absolute atomic E-state index is 0.0220. The van der Waals surface area contributed by atoms with E-state index in [0.717, 1.165) is 7.11 Å². The monoisotopic (exact) mass is 403 g/mol. The normalized spacial score (nSPS) is 11.2. The molecule has 1 aromatic heterocycles. The summed E-state index contributed by atoms with van der Waals surface area (Å²) >= 11 is 0. The van der Waals surface area contributed by atoms with Gasteiger partial charge in [0.2, 0.25) is 0 Å². The maximum absolute atomic E-state index is 13.2. The van der Waals surface area contributed by atoms with Crippen molar-refractivity contribution in [3.05, 3.63) is 64.9 Å². The van der Waals surface area contributed by atoms with Crippen LogP contribution in [0.25, 0.3) is 5.76 Å². The number of aliphatic hydroxyl groups is 1. The van der Waals surface area contributed by atoms with Crippen molar-refractivity contribution >= 4 is 23.4 Å². The first-order chi connectivity index (χ1) is 13.8. The van der Waals surface area contributed by atoms with Crippen LogP contribution >= 0.6 is 0 Å². The highest BCUT2D eigenvalue weighted by atomic mass is 19.1. The van der Waals surface area contributed by atoms with Crippen LogP contribution in [0.5, 0.6) is 0 Å². The quantitative estimate of drug-likeness (QED) is 0.315. The van der Waals surface area contributed by atoms with Crippen LogP contribution in [0.2, 0.25) is 0 Å². The van der Waals surface area contributed by atoms with Gasteiger partial charge < -0.3 is 19.2 Å². The SMILES string of the molecule is CCN(CC)C(=O)c1cc(Cc2ccc(F)cc2)c(C(O)=CC(=O)C(=O)OC)o1. The number of ketones is 1. The van der Waals surface area contributed by atoms with Crippen LogP contribution in [0.4, 0.5) is 4.39 Å². The molecule has 1 N–H and O–H groups in total. The van der Waals surface area contributed by atoms with Crippen molar-refractivity contribution in [1.82, 2.24) is 4.90 Å². The van der Waals surface area contributed by atoms with Gasteiger partial charge in [0.1, 0.15) is 5.82 Å². The van der Waals surface area contributed by atoms with Crippen LogP contribution in [0, 0.1) is 5.82 Å². The van der Waals surface area contributed by atoms with Crippen LogP contribution in [0.15, 0.2) is 40.8 Å². The number of halogens is 1. The van der Waals surface area contributed by atoms with E-state index in [1.165, 1.54) is 23.1 Å². The number of ether oxygens (including phenoxy) is 1. The zero-order valence-corrected chi connectivity index (χ0v) is 16.4. The van der Waals surface area contributed by atoms with Crippen molar-refractivity contribution in [2.75, 3.05) is 20.2 Å². The van der Waals surface area contributed by atoms with E-state index in [1.54, 1.807) is 12.1 Å². The Bertz CT molecular complexity index is 925. The van der Waals surface area contributed by atoms with E-state index in [-0.39, 0.29) is 23.8 Å². The highest BCUT2D eigenvalue weighted by Gasteiger charge is 2.23. The van der Waals surface area contributed by atoms with Crippen LogP contribution in [0.3, 0.4) is 0 Å². The Balaban J connectivity index is 2.46. The number of aliphatic hydroxyl groups excluding tert-OH is 1. The predicted octanol–water partition coefficient (Wildman–Crippen LogP) is 3.13. The molecule has 154 valence electrons. The van der Waals surface area contributed by atoms with E-state index in [4.69, 9.17) is 4.42 Å². The topological polar surface area (TPSA) is 97.1 Å². The number of hydrogen-bond donors (Lipinski definition) is 1. The second kappa shape index (κ2) is 9.68. The number of benzene rings is 1. The Kier molecular flexibility index (Phi) is 7.30. The van der Waals surface area contributed by atoms with Gasteiger partial charge in [-0.05, 0) is 37.6 Å². The second-order valence-electron chi connectivity index (χ2n) is 6.13. The minimum Gasteiger partial charge on any atom is -0.504 e. The highest BCUT2D eigenvalue weighted by molar-refractivity contribution is 6.39. The Morgan fingerprint density at radius 3 is 2.34 bits per heavy atom. The number of furan rings is 1. The van der Waals surface area contributed by atoms with Gasteiger partial charge in [0.15, 0.2) is 17.3 Å². The summed E-state index contributed by atoms with van der Waals surface area (Å²) in [5, 5.41) is 10.3. The molecule has 1 amide bonds. The fourth-order valence-corrected chi connectivity index (χ4v) is 2.72. The van der Waals surface area contributed by atoms with E-state index in [2.05, 4.69) is 4.74 Å². The average molecular weight is 403 g/mol. The van der Waals surface area contributed by atoms with Crippen LogP contribution in [-0.4, -0.2) is 47.9 Å². The number of rotatable bonds is 8. The molecule has 29 heavy (non-hydrogen) atoms. The number of carbonyl (C=O) groups excluding carboxylic acids is 3. The molecule has 0 bridgehead atoms. The third-order valence-electron chi connectivity index (χ3n) is 4.27. The number of nitrogens with zero attached hydrogens (tertiary/aromatic N) is 1. The minimum atomic E-state index is -1.15. The standard InChI is InChI=1S/C21H22FNO6/c1-4-23(5-2)20(26)18-11-14(10-13-6-8-15(22)9-7-13)19(29-18)16(24)12-17(25)21(27)28-3/h6-9,11-12,24H,4-5,10H2,1-3H3. The second-order valence-corrected chi connectivity index (χ2v) is 6.13. The molecular weight excluding hydrogens is 381 g/mol. The van der Waals surface area contributed by atoms with E-state index >= 15 is 0 Å². The number of methoxy groups -OCH3 is 1. The molecule has 0 radical (unpaired) electrons. The summed E-state index contributed by atoms with van der Waals surface area (Å²) in [4.78, 5) is 37.2. The van der Waals surface area contributed by atoms with E-state index < -0.39 is 23.3 Å². The Morgan fingerprint density at radius 2 is 1.79 bits per heavy atom. The van der Waals surface area contributed by atoms with Gasteiger partial charge in [-0.3, -0.25) is 9.59 Å². The zero-order valence-electron chi connectivity index (χ0n) is 16.4. The van der Waals surface area contributed by atoms with Crippen LogP contribution in [0.1, 0.15) is 41.3 Å². The smallest absolute Gasteiger partial charge is 0.378 e. The lowest BCUT2D eigenvalue weighted by molar-refractivity contribution is -0.149. The molecular formula is C21H22FNO6. The van der Waals surface area contributed by atoms with Gasteiger partial charge in [0.25, 0.3) is 11.7 Å². The molecule has 0 unspecified atom stereocenters. The Hall–Kier alpha value is -3.42. The first-order valence-electron chi connectivity index (χ1n) is 9.00. The number of esters is 1. The number of hydrogen-bond acceptors (Lipinski definition) is 6. The molecule has 0 aliphatic heterocycles. The van der Waals surface area contributed by atoms with Crippen molar-refractivity contribution in [2.45, 2.75) is 20.3 Å². The average Bonchev–Trinajstić information content (AvgIpc) is 3.13. The van der Waals surface area contributed by atoms with Crippen LogP contribution < -0.4 is 0 Å². The molecule has 0 aliphatic rings. The van der Waals surface area contributed by atoms with Crippen molar-refractivity contribution in [3.8, 4) is 0 Å². The van der Waals surface area contributed by atoms with E-state index in [0.29, 0.717) is 30.3 Å². The summed E-state index contributed by atoms with van der Waals surface area (Å²) in [6.45, 7) is 4.55. The van der Waals surface area contributed by atoms with Crippen molar-refractivity contribution in [1.29, 1.82) is 0 Å². The molecule has 2 rings (SSSR count). The van der Waals surface area contributed by atoms with Crippen molar-refractivity contribution in [3.63, 3.8) is 0 Å². The Labute approximate surface area is 167 Å². The summed E-state index contributed by atoms with van der Waals surface area (Å²) in [7, 11) is 1.04. The van der Waals surface area contributed by atoms with Gasteiger partial charge in [-0.15, -0.1) is 0 Å². The number of amides is 1. The molecule has 0 saturated heterocycles. The fourth-order valence-electron chi connectivity index (χ4n) is 2.72. The molecule has 0 aliphatic carbocycles. The molecule has 2 aromatic rings. The van der Waals surface area contributed by atoms with Crippen LogP contribution in [-0.2, 0) is 20.7 Å². The van der Waals surface area contributed by atoms with Gasteiger partial charge in [0, 0.05) is 31.1 Å². The lowest BCUT2D eigenvalue weighted by Crippen LogP contribution is -2.30. The Morgan fingerprint density at radius 1 is 1.17 bits per heavy atom. The molecule has 0 saturated carbocycles. The van der Waals surface area contributed by atoms with Gasteiger partial charge in [-0.25, -0.2) is 9.18 Å². The zero-order chi connectivity index (χ0) is 21.6. The molecule has 1 aromatic carbocycles. The summed E-state index contributed by atoms with van der Waals surface area (Å²) in [5.41, 5.74) is 1.10. The molecule has 0 atom stereocenters. The van der Waals surface area contributed by atoms with Crippen molar-refractivity contribution in [2.24, 2.45) is 0 Å². The fraction of sp³-hybridized carbons (Fsp3) is 0.286. The van der Waals surface area contributed by atoms with Gasteiger partial charge in [-0.2, -0.15) is 0 Å². The third-order valence-corrected chi connectivity index (χ3v) is 4.27. The third kappa shape index (κ3) is 5.31. The summed E-state index contributed by atoms with van der Waals surface area (Å²) < 4.78 is 23.0. The number of carbonyl (C=O) groups is 3. The first-order valence-corrected chi connectivity index (χ1v) is 9.00. The molecule has 7 nitrogen and oxygen atoms in total. The maximum Gasteiger partial charge on any atom is 0.378 e. The molecule has 1 heterocycles. The van der Waals surface area contributed by atoms with Crippen molar-refractivity contribution < 1.29 is 33.0 Å². The summed E-state index contributed by atoms with van der Waals surface area (Å²) in [6.07, 6.45) is 0.874. The lowest BCUT2D eigenvalue weighted by Gasteiger charge is -2.16. The molecule has 0 spiro atoms. The van der Waals surface area contributed by atoms with E-state index in [1.807, 2.05) is 13.8 Å². The lowest BCUT2D eigenvalue weighted by atomic mass is 10.0.